The first kappa shape index (κ1) is 19.3. The molecule has 29 heavy (non-hydrogen) atoms. The first-order chi connectivity index (χ1) is 13.9. The van der Waals surface area contributed by atoms with Gasteiger partial charge in [-0.25, -0.2) is 4.98 Å². The van der Waals surface area contributed by atoms with E-state index < -0.39 is 0 Å². The molecule has 3 heteroatoms. The standard InChI is InChI=1S/C26H28N2O/c1-19(20-10-6-5-7-11-20)28-24-13-9-8-12-23(24)27-25(28)18-29-22-16-14-21(15-17-22)26(2,3)4/h5-17,19H,18H2,1-4H3. The second-order valence-corrected chi connectivity index (χ2v) is 8.54. The van der Waals surface area contributed by atoms with E-state index in [4.69, 9.17) is 9.72 Å². The van der Waals surface area contributed by atoms with Gasteiger partial charge in [-0.3, -0.25) is 0 Å². The average molecular weight is 385 g/mol. The summed E-state index contributed by atoms with van der Waals surface area (Å²) in [6.07, 6.45) is 0. The summed E-state index contributed by atoms with van der Waals surface area (Å²) in [6.45, 7) is 9.30. The molecular formula is C26H28N2O. The highest BCUT2D eigenvalue weighted by molar-refractivity contribution is 5.76. The largest absolute Gasteiger partial charge is 0.486 e. The maximum Gasteiger partial charge on any atom is 0.148 e. The predicted octanol–water partition coefficient (Wildman–Crippen LogP) is 6.52. The lowest BCUT2D eigenvalue weighted by Gasteiger charge is -2.20. The van der Waals surface area contributed by atoms with Crippen molar-refractivity contribution in [1.29, 1.82) is 0 Å². The van der Waals surface area contributed by atoms with Gasteiger partial charge in [0.2, 0.25) is 0 Å². The molecule has 0 saturated heterocycles. The molecule has 1 unspecified atom stereocenters. The number of hydrogen-bond acceptors (Lipinski definition) is 2. The van der Waals surface area contributed by atoms with Crippen LogP contribution in [0.25, 0.3) is 11.0 Å². The smallest absolute Gasteiger partial charge is 0.148 e. The summed E-state index contributed by atoms with van der Waals surface area (Å²) in [5.41, 5.74) is 4.82. The molecule has 0 N–H and O–H groups in total. The molecule has 0 radical (unpaired) electrons. The van der Waals surface area contributed by atoms with Crippen molar-refractivity contribution in [1.82, 2.24) is 9.55 Å². The van der Waals surface area contributed by atoms with Gasteiger partial charge < -0.3 is 9.30 Å². The lowest BCUT2D eigenvalue weighted by molar-refractivity contribution is 0.288. The number of fused-ring (bicyclic) bond motifs is 1. The highest BCUT2D eigenvalue weighted by atomic mass is 16.5. The minimum Gasteiger partial charge on any atom is -0.486 e. The zero-order valence-electron chi connectivity index (χ0n) is 17.6. The van der Waals surface area contributed by atoms with E-state index in [1.54, 1.807) is 0 Å². The Kier molecular flexibility index (Phi) is 5.14. The van der Waals surface area contributed by atoms with Crippen LogP contribution in [0.3, 0.4) is 0 Å². The van der Waals surface area contributed by atoms with Crippen molar-refractivity contribution >= 4 is 11.0 Å². The zero-order chi connectivity index (χ0) is 20.4. The molecule has 1 atom stereocenters. The van der Waals surface area contributed by atoms with Crippen molar-refractivity contribution in [3.8, 4) is 5.75 Å². The monoisotopic (exact) mass is 384 g/mol. The molecule has 4 rings (SSSR count). The summed E-state index contributed by atoms with van der Waals surface area (Å²) in [5, 5.41) is 0. The van der Waals surface area contributed by atoms with E-state index in [1.807, 2.05) is 24.3 Å². The molecule has 0 spiro atoms. The number of benzene rings is 3. The van der Waals surface area contributed by atoms with E-state index >= 15 is 0 Å². The molecule has 0 aliphatic heterocycles. The maximum atomic E-state index is 6.13. The van der Waals surface area contributed by atoms with E-state index in [0.29, 0.717) is 6.61 Å². The lowest BCUT2D eigenvalue weighted by atomic mass is 9.87. The number of imidazole rings is 1. The fourth-order valence-corrected chi connectivity index (χ4v) is 3.71. The van der Waals surface area contributed by atoms with Crippen LogP contribution in [0.4, 0.5) is 0 Å². The predicted molar refractivity (Wildman–Crippen MR) is 119 cm³/mol. The third-order valence-corrected chi connectivity index (χ3v) is 5.43. The first-order valence-corrected chi connectivity index (χ1v) is 10.2. The van der Waals surface area contributed by atoms with E-state index in [2.05, 4.69) is 86.9 Å². The molecule has 148 valence electrons. The Bertz CT molecular complexity index is 1090. The number of hydrogen-bond donors (Lipinski definition) is 0. The van der Waals surface area contributed by atoms with Crippen LogP contribution in [0.5, 0.6) is 5.75 Å². The zero-order valence-corrected chi connectivity index (χ0v) is 17.6. The Morgan fingerprint density at radius 2 is 1.52 bits per heavy atom. The van der Waals surface area contributed by atoms with Crippen LogP contribution in [-0.4, -0.2) is 9.55 Å². The van der Waals surface area contributed by atoms with Crippen molar-refractivity contribution in [3.63, 3.8) is 0 Å². The molecule has 1 aromatic heterocycles. The van der Waals surface area contributed by atoms with Crippen molar-refractivity contribution in [2.75, 3.05) is 0 Å². The topological polar surface area (TPSA) is 27.1 Å². The lowest BCUT2D eigenvalue weighted by Crippen LogP contribution is -2.13. The molecule has 3 nitrogen and oxygen atoms in total. The number of para-hydroxylation sites is 2. The summed E-state index contributed by atoms with van der Waals surface area (Å²) in [7, 11) is 0. The van der Waals surface area contributed by atoms with E-state index in [0.717, 1.165) is 22.6 Å². The third-order valence-electron chi connectivity index (χ3n) is 5.43. The number of aromatic nitrogens is 2. The first-order valence-electron chi connectivity index (χ1n) is 10.2. The van der Waals surface area contributed by atoms with Crippen molar-refractivity contribution in [2.24, 2.45) is 0 Å². The molecule has 3 aromatic carbocycles. The normalized spacial score (nSPS) is 12.8. The van der Waals surface area contributed by atoms with Gasteiger partial charge in [-0.1, -0.05) is 75.4 Å². The third kappa shape index (κ3) is 4.04. The minimum atomic E-state index is 0.137. The van der Waals surface area contributed by atoms with Gasteiger partial charge in [-0.2, -0.15) is 0 Å². The van der Waals surface area contributed by atoms with Gasteiger partial charge >= 0.3 is 0 Å². The SMILES string of the molecule is CC(c1ccccc1)n1c(COc2ccc(C(C)(C)C)cc2)nc2ccccc21. The fraction of sp³-hybridized carbons (Fsp3) is 0.269. The van der Waals surface area contributed by atoms with Crippen LogP contribution < -0.4 is 4.74 Å². The van der Waals surface area contributed by atoms with Gasteiger partial charge in [-0.15, -0.1) is 0 Å². The molecule has 1 heterocycles. The van der Waals surface area contributed by atoms with Crippen molar-refractivity contribution < 1.29 is 4.74 Å². The minimum absolute atomic E-state index is 0.137. The summed E-state index contributed by atoms with van der Waals surface area (Å²) < 4.78 is 8.42. The Balaban J connectivity index is 1.64. The van der Waals surface area contributed by atoms with Crippen LogP contribution >= 0.6 is 0 Å². The second-order valence-electron chi connectivity index (χ2n) is 8.54. The Morgan fingerprint density at radius 3 is 2.21 bits per heavy atom. The molecule has 0 aliphatic carbocycles. The van der Waals surface area contributed by atoms with E-state index in [-0.39, 0.29) is 11.5 Å². The molecule has 0 fully saturated rings. The number of ether oxygens (including phenoxy) is 1. The van der Waals surface area contributed by atoms with Gasteiger partial charge in [0.25, 0.3) is 0 Å². The van der Waals surface area contributed by atoms with Crippen LogP contribution in [-0.2, 0) is 12.0 Å². The molecule has 0 aliphatic rings. The van der Waals surface area contributed by atoms with Gasteiger partial charge in [0.1, 0.15) is 18.2 Å². The van der Waals surface area contributed by atoms with E-state index in [9.17, 15) is 0 Å². The molecule has 4 aromatic rings. The summed E-state index contributed by atoms with van der Waals surface area (Å²) >= 11 is 0. The molecular weight excluding hydrogens is 356 g/mol. The molecule has 0 saturated carbocycles. The quantitative estimate of drug-likeness (QED) is 0.391. The highest BCUT2D eigenvalue weighted by Gasteiger charge is 2.18. The average Bonchev–Trinajstić information content (AvgIpc) is 3.10. The second kappa shape index (κ2) is 7.75. The number of rotatable bonds is 5. The van der Waals surface area contributed by atoms with E-state index in [1.165, 1.54) is 11.1 Å². The van der Waals surface area contributed by atoms with Crippen LogP contribution in [0.1, 0.15) is 50.7 Å². The molecule has 0 amide bonds. The van der Waals surface area contributed by atoms with Gasteiger partial charge in [0.15, 0.2) is 0 Å². The van der Waals surface area contributed by atoms with Crippen molar-refractivity contribution in [3.05, 3.63) is 95.8 Å². The van der Waals surface area contributed by atoms with Gasteiger partial charge in [-0.05, 0) is 47.7 Å². The van der Waals surface area contributed by atoms with Gasteiger partial charge in [0.05, 0.1) is 17.1 Å². The Labute approximate surface area is 173 Å². The maximum absolute atomic E-state index is 6.13. The van der Waals surface area contributed by atoms with Gasteiger partial charge in [0, 0.05) is 0 Å². The van der Waals surface area contributed by atoms with Crippen molar-refractivity contribution in [2.45, 2.75) is 45.8 Å². The summed E-state index contributed by atoms with van der Waals surface area (Å²) in [5.74, 6) is 1.80. The highest BCUT2D eigenvalue weighted by Crippen LogP contribution is 2.28. The molecule has 0 bridgehead atoms. The Hall–Kier alpha value is -3.07. The van der Waals surface area contributed by atoms with Crippen LogP contribution in [0.2, 0.25) is 0 Å². The fourth-order valence-electron chi connectivity index (χ4n) is 3.71. The van der Waals surface area contributed by atoms with Crippen LogP contribution in [0, 0.1) is 0 Å². The Morgan fingerprint density at radius 1 is 0.862 bits per heavy atom. The summed E-state index contributed by atoms with van der Waals surface area (Å²) in [4.78, 5) is 4.87. The van der Waals surface area contributed by atoms with Crippen LogP contribution in [0.15, 0.2) is 78.9 Å². The summed E-state index contributed by atoms with van der Waals surface area (Å²) in [6, 6.07) is 27.4. The number of nitrogens with zero attached hydrogens (tertiary/aromatic N) is 2.